The zero-order chi connectivity index (χ0) is 19.5. The molecule has 3 aromatic heterocycles. The number of benzene rings is 1. The van der Waals surface area contributed by atoms with Gasteiger partial charge in [-0.25, -0.2) is 0 Å². The molecule has 0 aliphatic rings. The molecule has 2 amide bonds. The van der Waals surface area contributed by atoms with Crippen molar-refractivity contribution in [2.24, 2.45) is 0 Å². The van der Waals surface area contributed by atoms with Crippen LogP contribution in [0.5, 0.6) is 0 Å². The van der Waals surface area contributed by atoms with Gasteiger partial charge in [-0.05, 0) is 23.8 Å². The van der Waals surface area contributed by atoms with Crippen LogP contribution in [0, 0.1) is 0 Å². The summed E-state index contributed by atoms with van der Waals surface area (Å²) in [6.07, 6.45) is 4.10. The predicted octanol–water partition coefficient (Wildman–Crippen LogP) is 1.57. The number of aromatic amines is 1. The Labute approximate surface area is 161 Å². The van der Waals surface area contributed by atoms with E-state index >= 15 is 0 Å². The standard InChI is InChI=1S/C20H20N6O2/c1-13(27)23-17(10-14-11-21-16-7-3-2-6-15(14)16)20(28)22-12-19-25-24-18-8-4-5-9-26(18)19/h2-9,11,17,21H,10,12H2,1H3,(H,22,28)(H,23,27). The number of carbonyl (C=O) groups excluding carboxylic acids is 2. The smallest absolute Gasteiger partial charge is 0.243 e. The Morgan fingerprint density at radius 3 is 2.82 bits per heavy atom. The van der Waals surface area contributed by atoms with Crippen molar-refractivity contribution in [3.05, 3.63) is 66.2 Å². The van der Waals surface area contributed by atoms with Crippen LogP contribution in [-0.2, 0) is 22.6 Å². The topological polar surface area (TPSA) is 104 Å². The molecule has 0 fully saturated rings. The summed E-state index contributed by atoms with van der Waals surface area (Å²) in [7, 11) is 0. The molecule has 0 aliphatic heterocycles. The van der Waals surface area contributed by atoms with Crippen molar-refractivity contribution in [2.45, 2.75) is 25.9 Å². The molecule has 0 spiro atoms. The molecule has 8 nitrogen and oxygen atoms in total. The monoisotopic (exact) mass is 376 g/mol. The Bertz CT molecular complexity index is 1150. The third-order valence-corrected chi connectivity index (χ3v) is 4.60. The van der Waals surface area contributed by atoms with Crippen LogP contribution in [0.25, 0.3) is 16.6 Å². The Morgan fingerprint density at radius 1 is 1.14 bits per heavy atom. The van der Waals surface area contributed by atoms with Crippen molar-refractivity contribution >= 4 is 28.4 Å². The first-order chi connectivity index (χ1) is 13.6. The number of fused-ring (bicyclic) bond motifs is 2. The minimum atomic E-state index is -0.684. The van der Waals surface area contributed by atoms with Crippen LogP contribution in [0.2, 0.25) is 0 Å². The van der Waals surface area contributed by atoms with Gasteiger partial charge in [0.25, 0.3) is 0 Å². The van der Waals surface area contributed by atoms with Crippen LogP contribution >= 0.6 is 0 Å². The van der Waals surface area contributed by atoms with E-state index in [1.165, 1.54) is 6.92 Å². The van der Waals surface area contributed by atoms with E-state index in [1.54, 1.807) is 0 Å². The molecule has 0 radical (unpaired) electrons. The van der Waals surface area contributed by atoms with Gasteiger partial charge in [-0.1, -0.05) is 24.3 Å². The zero-order valence-electron chi connectivity index (χ0n) is 15.3. The molecule has 0 bridgehead atoms. The summed E-state index contributed by atoms with van der Waals surface area (Å²) in [6, 6.07) is 12.8. The second kappa shape index (κ2) is 7.51. The highest BCUT2D eigenvalue weighted by atomic mass is 16.2. The minimum Gasteiger partial charge on any atom is -0.361 e. The van der Waals surface area contributed by atoms with Crippen LogP contribution in [0.3, 0.4) is 0 Å². The largest absolute Gasteiger partial charge is 0.361 e. The van der Waals surface area contributed by atoms with Gasteiger partial charge >= 0.3 is 0 Å². The van der Waals surface area contributed by atoms with Crippen LogP contribution in [0.15, 0.2) is 54.9 Å². The Balaban J connectivity index is 1.50. The first kappa shape index (κ1) is 17.7. The van der Waals surface area contributed by atoms with E-state index in [1.807, 2.05) is 59.3 Å². The zero-order valence-corrected chi connectivity index (χ0v) is 15.3. The molecule has 28 heavy (non-hydrogen) atoms. The van der Waals surface area contributed by atoms with Gasteiger partial charge in [-0.15, -0.1) is 10.2 Å². The number of hydrogen-bond acceptors (Lipinski definition) is 4. The summed E-state index contributed by atoms with van der Waals surface area (Å²) < 4.78 is 1.81. The lowest BCUT2D eigenvalue weighted by molar-refractivity contribution is -0.128. The molecule has 4 aromatic rings. The van der Waals surface area contributed by atoms with Gasteiger partial charge in [0, 0.05) is 36.6 Å². The summed E-state index contributed by atoms with van der Waals surface area (Å²) in [4.78, 5) is 27.6. The molecule has 3 N–H and O–H groups in total. The molecule has 0 aliphatic carbocycles. The Morgan fingerprint density at radius 2 is 1.96 bits per heavy atom. The van der Waals surface area contributed by atoms with Gasteiger partial charge in [0.1, 0.15) is 6.04 Å². The highest BCUT2D eigenvalue weighted by Crippen LogP contribution is 2.19. The lowest BCUT2D eigenvalue weighted by Gasteiger charge is -2.17. The molecule has 4 rings (SSSR count). The summed E-state index contributed by atoms with van der Waals surface area (Å²) in [5.41, 5.74) is 2.68. The molecular weight excluding hydrogens is 356 g/mol. The lowest BCUT2D eigenvalue weighted by Crippen LogP contribution is -2.47. The van der Waals surface area contributed by atoms with Crippen molar-refractivity contribution < 1.29 is 9.59 Å². The lowest BCUT2D eigenvalue weighted by atomic mass is 10.0. The number of para-hydroxylation sites is 1. The fourth-order valence-electron chi connectivity index (χ4n) is 3.28. The maximum absolute atomic E-state index is 12.8. The summed E-state index contributed by atoms with van der Waals surface area (Å²) >= 11 is 0. The van der Waals surface area contributed by atoms with Gasteiger partial charge < -0.3 is 15.6 Å². The maximum Gasteiger partial charge on any atom is 0.243 e. The second-order valence-corrected chi connectivity index (χ2v) is 6.58. The van der Waals surface area contributed by atoms with Crippen LogP contribution in [0.4, 0.5) is 0 Å². The fraction of sp³-hybridized carbons (Fsp3) is 0.200. The third-order valence-electron chi connectivity index (χ3n) is 4.60. The van der Waals surface area contributed by atoms with Crippen molar-refractivity contribution in [2.75, 3.05) is 0 Å². The first-order valence-corrected chi connectivity index (χ1v) is 9.00. The van der Waals surface area contributed by atoms with Gasteiger partial charge in [-0.3, -0.25) is 14.0 Å². The maximum atomic E-state index is 12.8. The van der Waals surface area contributed by atoms with Crippen molar-refractivity contribution in [3.8, 4) is 0 Å². The van der Waals surface area contributed by atoms with E-state index in [4.69, 9.17) is 0 Å². The number of nitrogens with zero attached hydrogens (tertiary/aromatic N) is 3. The van der Waals surface area contributed by atoms with E-state index in [9.17, 15) is 9.59 Å². The van der Waals surface area contributed by atoms with E-state index < -0.39 is 6.04 Å². The molecule has 0 saturated heterocycles. The molecular formula is C20H20N6O2. The van der Waals surface area contributed by atoms with E-state index in [-0.39, 0.29) is 18.4 Å². The molecule has 1 atom stereocenters. The second-order valence-electron chi connectivity index (χ2n) is 6.58. The number of carbonyl (C=O) groups is 2. The number of H-pyrrole nitrogens is 1. The highest BCUT2D eigenvalue weighted by molar-refractivity contribution is 5.89. The summed E-state index contributed by atoms with van der Waals surface area (Å²) in [6.45, 7) is 1.62. The molecule has 8 heteroatoms. The predicted molar refractivity (Wildman–Crippen MR) is 104 cm³/mol. The van der Waals surface area contributed by atoms with Gasteiger partial charge in [0.05, 0.1) is 6.54 Å². The van der Waals surface area contributed by atoms with Gasteiger partial charge in [0.2, 0.25) is 11.8 Å². The van der Waals surface area contributed by atoms with E-state index in [0.29, 0.717) is 17.9 Å². The van der Waals surface area contributed by atoms with Gasteiger partial charge in [0.15, 0.2) is 11.5 Å². The number of pyridine rings is 1. The van der Waals surface area contributed by atoms with Crippen LogP contribution in [-0.4, -0.2) is 37.4 Å². The van der Waals surface area contributed by atoms with E-state index in [2.05, 4.69) is 25.8 Å². The van der Waals surface area contributed by atoms with Crippen LogP contribution in [0.1, 0.15) is 18.3 Å². The molecule has 0 saturated carbocycles. The molecule has 1 unspecified atom stereocenters. The number of amides is 2. The number of nitrogens with one attached hydrogen (secondary N) is 3. The number of aromatic nitrogens is 4. The molecule has 1 aromatic carbocycles. The fourth-order valence-corrected chi connectivity index (χ4v) is 3.28. The minimum absolute atomic E-state index is 0.216. The van der Waals surface area contributed by atoms with Gasteiger partial charge in [-0.2, -0.15) is 0 Å². The van der Waals surface area contributed by atoms with Crippen molar-refractivity contribution in [1.29, 1.82) is 0 Å². The first-order valence-electron chi connectivity index (χ1n) is 9.00. The summed E-state index contributed by atoms with van der Waals surface area (Å²) in [5, 5.41) is 14.8. The third kappa shape index (κ3) is 3.57. The highest BCUT2D eigenvalue weighted by Gasteiger charge is 2.21. The molecule has 3 heterocycles. The van der Waals surface area contributed by atoms with E-state index in [0.717, 1.165) is 16.5 Å². The average Bonchev–Trinajstić information content (AvgIpc) is 3.30. The Hall–Kier alpha value is -3.68. The summed E-state index contributed by atoms with van der Waals surface area (Å²) in [5.74, 6) is 0.0960. The average molecular weight is 376 g/mol. The Kier molecular flexibility index (Phi) is 4.76. The van der Waals surface area contributed by atoms with Crippen molar-refractivity contribution in [1.82, 2.24) is 30.2 Å². The normalized spacial score (nSPS) is 12.2. The quantitative estimate of drug-likeness (QED) is 0.475. The molecule has 142 valence electrons. The SMILES string of the molecule is CC(=O)NC(Cc1c[nH]c2ccccc12)C(=O)NCc1nnc2ccccn12. The number of hydrogen-bond donors (Lipinski definition) is 3. The number of rotatable bonds is 6. The van der Waals surface area contributed by atoms with Crippen LogP contribution < -0.4 is 10.6 Å². The van der Waals surface area contributed by atoms with Crippen molar-refractivity contribution in [3.63, 3.8) is 0 Å².